The highest BCUT2D eigenvalue weighted by molar-refractivity contribution is 5.89. The summed E-state index contributed by atoms with van der Waals surface area (Å²) in [5, 5.41) is 9.73. The van der Waals surface area contributed by atoms with Crippen LogP contribution in [0.15, 0.2) is 24.3 Å². The number of methoxy groups -OCH3 is 1. The third-order valence-electron chi connectivity index (χ3n) is 3.37. The van der Waals surface area contributed by atoms with Gasteiger partial charge in [0, 0.05) is 6.42 Å². The zero-order chi connectivity index (χ0) is 15.3. The van der Waals surface area contributed by atoms with Crippen LogP contribution in [-0.4, -0.2) is 30.1 Å². The minimum atomic E-state index is -0.910. The Morgan fingerprint density at radius 3 is 2.15 bits per heavy atom. The second-order valence-electron chi connectivity index (χ2n) is 5.37. The van der Waals surface area contributed by atoms with Crippen molar-refractivity contribution in [3.63, 3.8) is 0 Å². The number of rotatable bonds is 6. The molecule has 20 heavy (non-hydrogen) atoms. The largest absolute Gasteiger partial charge is 0.465 e. The number of esters is 1. The van der Waals surface area contributed by atoms with E-state index in [9.17, 15) is 14.7 Å². The standard InChI is InChI=1S/C16H22O4/c1-10(2)15(18)14(17)9-11(3)12-5-7-13(8-6-12)16(19)20-4/h5-8,10-11,15,18H,9H2,1-4H3/t11-,15-/m1/s1. The fraction of sp³-hybridized carbons (Fsp3) is 0.500. The number of hydrogen-bond acceptors (Lipinski definition) is 4. The van der Waals surface area contributed by atoms with Crippen molar-refractivity contribution in [2.24, 2.45) is 5.92 Å². The minimum absolute atomic E-state index is 0.00240. The van der Waals surface area contributed by atoms with Crippen LogP contribution in [0.2, 0.25) is 0 Å². The Morgan fingerprint density at radius 1 is 1.15 bits per heavy atom. The summed E-state index contributed by atoms with van der Waals surface area (Å²) in [7, 11) is 1.34. The lowest BCUT2D eigenvalue weighted by Crippen LogP contribution is -2.27. The molecule has 0 heterocycles. The van der Waals surface area contributed by atoms with Crippen LogP contribution in [0.4, 0.5) is 0 Å². The molecule has 2 atom stereocenters. The summed E-state index contributed by atoms with van der Waals surface area (Å²) >= 11 is 0. The Morgan fingerprint density at radius 2 is 1.70 bits per heavy atom. The first-order chi connectivity index (χ1) is 9.36. The summed E-state index contributed by atoms with van der Waals surface area (Å²) in [4.78, 5) is 23.2. The molecule has 4 heteroatoms. The Bertz CT molecular complexity index is 462. The molecule has 0 aromatic heterocycles. The van der Waals surface area contributed by atoms with E-state index in [1.54, 1.807) is 12.1 Å². The summed E-state index contributed by atoms with van der Waals surface area (Å²) in [5.74, 6) is -0.598. The van der Waals surface area contributed by atoms with E-state index in [-0.39, 0.29) is 30.0 Å². The van der Waals surface area contributed by atoms with Crippen LogP contribution in [-0.2, 0) is 9.53 Å². The predicted octanol–water partition coefficient (Wildman–Crippen LogP) is 2.55. The lowest BCUT2D eigenvalue weighted by atomic mass is 9.91. The topological polar surface area (TPSA) is 63.6 Å². The van der Waals surface area contributed by atoms with E-state index >= 15 is 0 Å². The van der Waals surface area contributed by atoms with Crippen LogP contribution >= 0.6 is 0 Å². The van der Waals surface area contributed by atoms with Crippen molar-refractivity contribution in [3.8, 4) is 0 Å². The lowest BCUT2D eigenvalue weighted by Gasteiger charge is -2.17. The van der Waals surface area contributed by atoms with Gasteiger partial charge in [-0.1, -0.05) is 32.9 Å². The quantitative estimate of drug-likeness (QED) is 0.812. The third kappa shape index (κ3) is 4.17. The molecular formula is C16H22O4. The first-order valence-electron chi connectivity index (χ1n) is 6.75. The predicted molar refractivity (Wildman–Crippen MR) is 76.7 cm³/mol. The van der Waals surface area contributed by atoms with Crippen molar-refractivity contribution in [1.82, 2.24) is 0 Å². The van der Waals surface area contributed by atoms with E-state index in [0.29, 0.717) is 5.56 Å². The van der Waals surface area contributed by atoms with Crippen LogP contribution < -0.4 is 0 Å². The van der Waals surface area contributed by atoms with E-state index in [0.717, 1.165) is 5.56 Å². The molecule has 1 aromatic rings. The first kappa shape index (κ1) is 16.4. The number of ether oxygens (including phenoxy) is 1. The van der Waals surface area contributed by atoms with E-state index < -0.39 is 6.10 Å². The third-order valence-corrected chi connectivity index (χ3v) is 3.37. The van der Waals surface area contributed by atoms with Gasteiger partial charge in [0.25, 0.3) is 0 Å². The number of Topliss-reactive ketones (excluding diaryl/α,β-unsaturated/α-hetero) is 1. The van der Waals surface area contributed by atoms with Crippen molar-refractivity contribution in [3.05, 3.63) is 35.4 Å². The second kappa shape index (κ2) is 7.20. The van der Waals surface area contributed by atoms with Gasteiger partial charge in [-0.2, -0.15) is 0 Å². The van der Waals surface area contributed by atoms with Gasteiger partial charge in [-0.05, 0) is 29.5 Å². The molecule has 1 rings (SSSR count). The van der Waals surface area contributed by atoms with Gasteiger partial charge in [0.15, 0.2) is 5.78 Å². The fourth-order valence-electron chi connectivity index (χ4n) is 1.98. The Kier molecular flexibility index (Phi) is 5.89. The van der Waals surface area contributed by atoms with Gasteiger partial charge in [-0.15, -0.1) is 0 Å². The van der Waals surface area contributed by atoms with E-state index in [2.05, 4.69) is 4.74 Å². The molecule has 1 aromatic carbocycles. The van der Waals surface area contributed by atoms with Gasteiger partial charge in [-0.25, -0.2) is 4.79 Å². The number of hydrogen-bond donors (Lipinski definition) is 1. The molecule has 0 aliphatic rings. The number of aliphatic hydroxyl groups excluding tert-OH is 1. The Labute approximate surface area is 119 Å². The molecule has 0 amide bonds. The van der Waals surface area contributed by atoms with E-state index in [1.807, 2.05) is 32.9 Å². The number of benzene rings is 1. The molecule has 1 N–H and O–H groups in total. The molecule has 4 nitrogen and oxygen atoms in total. The molecule has 0 saturated carbocycles. The SMILES string of the molecule is COC(=O)c1ccc([C@H](C)CC(=O)[C@H](O)C(C)C)cc1. The number of carbonyl (C=O) groups is 2. The van der Waals surface area contributed by atoms with Crippen molar-refractivity contribution >= 4 is 11.8 Å². The average Bonchev–Trinajstić information content (AvgIpc) is 2.45. The second-order valence-corrected chi connectivity index (χ2v) is 5.37. The lowest BCUT2D eigenvalue weighted by molar-refractivity contribution is -0.129. The molecule has 0 unspecified atom stereocenters. The fourth-order valence-corrected chi connectivity index (χ4v) is 1.98. The van der Waals surface area contributed by atoms with Crippen molar-refractivity contribution in [2.45, 2.75) is 39.2 Å². The minimum Gasteiger partial charge on any atom is -0.465 e. The van der Waals surface area contributed by atoms with Gasteiger partial charge < -0.3 is 9.84 Å². The number of aliphatic hydroxyl groups is 1. The summed E-state index contributed by atoms with van der Waals surface area (Å²) in [6, 6.07) is 6.99. The summed E-state index contributed by atoms with van der Waals surface area (Å²) in [6.07, 6.45) is -0.622. The van der Waals surface area contributed by atoms with Gasteiger partial charge in [0.2, 0.25) is 0 Å². The van der Waals surface area contributed by atoms with Crippen LogP contribution in [0.1, 0.15) is 49.0 Å². The monoisotopic (exact) mass is 278 g/mol. The highest BCUT2D eigenvalue weighted by Crippen LogP contribution is 2.21. The highest BCUT2D eigenvalue weighted by atomic mass is 16.5. The Hall–Kier alpha value is -1.68. The molecule has 0 aliphatic carbocycles. The van der Waals surface area contributed by atoms with Crippen LogP contribution in [0.25, 0.3) is 0 Å². The van der Waals surface area contributed by atoms with E-state index in [4.69, 9.17) is 0 Å². The van der Waals surface area contributed by atoms with Crippen LogP contribution in [0.5, 0.6) is 0 Å². The molecule has 0 spiro atoms. The maximum Gasteiger partial charge on any atom is 0.337 e. The normalized spacial score (nSPS) is 13.9. The van der Waals surface area contributed by atoms with Gasteiger partial charge >= 0.3 is 5.97 Å². The molecule has 0 aliphatic heterocycles. The molecule has 0 radical (unpaired) electrons. The van der Waals surface area contributed by atoms with Crippen molar-refractivity contribution in [1.29, 1.82) is 0 Å². The van der Waals surface area contributed by atoms with Gasteiger partial charge in [-0.3, -0.25) is 4.79 Å². The van der Waals surface area contributed by atoms with Gasteiger partial charge in [0.05, 0.1) is 12.7 Å². The summed E-state index contributed by atoms with van der Waals surface area (Å²) < 4.78 is 4.63. The first-order valence-corrected chi connectivity index (χ1v) is 6.75. The van der Waals surface area contributed by atoms with Crippen molar-refractivity contribution < 1.29 is 19.4 Å². The van der Waals surface area contributed by atoms with Crippen LogP contribution in [0, 0.1) is 5.92 Å². The smallest absolute Gasteiger partial charge is 0.337 e. The van der Waals surface area contributed by atoms with Crippen LogP contribution in [0.3, 0.4) is 0 Å². The molecular weight excluding hydrogens is 256 g/mol. The van der Waals surface area contributed by atoms with Crippen molar-refractivity contribution in [2.75, 3.05) is 7.11 Å². The maximum atomic E-state index is 11.9. The molecule has 0 saturated heterocycles. The zero-order valence-corrected chi connectivity index (χ0v) is 12.4. The summed E-state index contributed by atoms with van der Waals surface area (Å²) in [5.41, 5.74) is 1.44. The summed E-state index contributed by atoms with van der Waals surface area (Å²) in [6.45, 7) is 5.56. The number of carbonyl (C=O) groups excluding carboxylic acids is 2. The number of ketones is 1. The highest BCUT2D eigenvalue weighted by Gasteiger charge is 2.21. The average molecular weight is 278 g/mol. The van der Waals surface area contributed by atoms with E-state index in [1.165, 1.54) is 7.11 Å². The van der Waals surface area contributed by atoms with Gasteiger partial charge in [0.1, 0.15) is 6.10 Å². The Balaban J connectivity index is 2.71. The molecule has 110 valence electrons. The molecule has 0 bridgehead atoms. The molecule has 0 fully saturated rings. The zero-order valence-electron chi connectivity index (χ0n) is 12.4. The maximum absolute atomic E-state index is 11.9.